The molecule has 1 N–H and O–H groups in total. The van der Waals surface area contributed by atoms with Crippen molar-refractivity contribution in [2.75, 3.05) is 0 Å². The highest BCUT2D eigenvalue weighted by Crippen LogP contribution is 2.20. The molecule has 8 heteroatoms. The third-order valence-electron chi connectivity index (χ3n) is 3.77. The summed E-state index contributed by atoms with van der Waals surface area (Å²) in [5.41, 5.74) is 1.53. The van der Waals surface area contributed by atoms with Crippen molar-refractivity contribution in [3.63, 3.8) is 0 Å². The largest absolute Gasteiger partial charge is 0.348 e. The molecule has 0 bridgehead atoms. The van der Waals surface area contributed by atoms with E-state index in [2.05, 4.69) is 39.3 Å². The molecular weight excluding hydrogens is 318 g/mol. The van der Waals surface area contributed by atoms with Gasteiger partial charge in [0.25, 0.3) is 5.91 Å². The Morgan fingerprint density at radius 2 is 1.88 bits per heavy atom. The second-order valence-electron chi connectivity index (χ2n) is 6.19. The first-order valence-electron chi connectivity index (χ1n) is 8.18. The fourth-order valence-electron chi connectivity index (χ4n) is 2.57. The van der Waals surface area contributed by atoms with Gasteiger partial charge in [0.15, 0.2) is 5.82 Å². The number of carbonyl (C=O) groups excluding carboxylic acids is 1. The third-order valence-corrected chi connectivity index (χ3v) is 3.77. The molecule has 130 valence electrons. The Bertz CT molecular complexity index is 821. The normalized spacial score (nSPS) is 12.3. The van der Waals surface area contributed by atoms with E-state index < -0.39 is 0 Å². The van der Waals surface area contributed by atoms with Crippen LogP contribution < -0.4 is 5.32 Å². The van der Waals surface area contributed by atoms with Crippen molar-refractivity contribution in [3.05, 3.63) is 48.8 Å². The zero-order valence-electron chi connectivity index (χ0n) is 14.5. The van der Waals surface area contributed by atoms with Gasteiger partial charge in [0.1, 0.15) is 19.0 Å². The van der Waals surface area contributed by atoms with Crippen LogP contribution in [0.2, 0.25) is 0 Å². The molecular formula is C17H21N7O. The maximum Gasteiger partial charge on any atom is 0.251 e. The van der Waals surface area contributed by atoms with Crippen molar-refractivity contribution in [1.82, 2.24) is 34.8 Å². The van der Waals surface area contributed by atoms with Crippen LogP contribution in [-0.4, -0.2) is 41.5 Å². The molecule has 3 rings (SSSR count). The van der Waals surface area contributed by atoms with E-state index in [4.69, 9.17) is 0 Å². The van der Waals surface area contributed by atoms with Gasteiger partial charge in [-0.2, -0.15) is 10.2 Å². The lowest BCUT2D eigenvalue weighted by Gasteiger charge is -2.14. The van der Waals surface area contributed by atoms with Crippen LogP contribution in [0.3, 0.4) is 0 Å². The highest BCUT2D eigenvalue weighted by atomic mass is 16.1. The topological polar surface area (TPSA) is 90.5 Å². The van der Waals surface area contributed by atoms with Crippen molar-refractivity contribution >= 4 is 5.91 Å². The number of aromatic nitrogens is 6. The Labute approximate surface area is 145 Å². The number of benzene rings is 1. The van der Waals surface area contributed by atoms with Crippen molar-refractivity contribution in [2.24, 2.45) is 0 Å². The Kier molecular flexibility index (Phi) is 4.87. The lowest BCUT2D eigenvalue weighted by molar-refractivity contribution is 0.0936. The lowest BCUT2D eigenvalue weighted by atomic mass is 10.1. The zero-order chi connectivity index (χ0) is 17.8. The molecule has 0 saturated carbocycles. The third kappa shape index (κ3) is 3.90. The predicted molar refractivity (Wildman–Crippen MR) is 92.8 cm³/mol. The van der Waals surface area contributed by atoms with Crippen LogP contribution in [0.15, 0.2) is 43.2 Å². The number of hydrogen-bond acceptors (Lipinski definition) is 5. The molecule has 1 aromatic carbocycles. The molecule has 0 aliphatic carbocycles. The molecule has 8 nitrogen and oxygen atoms in total. The van der Waals surface area contributed by atoms with E-state index in [0.29, 0.717) is 12.1 Å². The quantitative estimate of drug-likeness (QED) is 0.741. The van der Waals surface area contributed by atoms with Gasteiger partial charge in [-0.1, -0.05) is 12.1 Å². The summed E-state index contributed by atoms with van der Waals surface area (Å²) in [5, 5.41) is 11.2. The molecule has 0 unspecified atom stereocenters. The summed E-state index contributed by atoms with van der Waals surface area (Å²) in [4.78, 5) is 20.6. The van der Waals surface area contributed by atoms with Gasteiger partial charge in [0, 0.05) is 23.2 Å². The summed E-state index contributed by atoms with van der Waals surface area (Å²) in [5.74, 6) is 0.672. The summed E-state index contributed by atoms with van der Waals surface area (Å²) in [7, 11) is 0. The van der Waals surface area contributed by atoms with E-state index in [-0.39, 0.29) is 18.0 Å². The maximum atomic E-state index is 12.4. The van der Waals surface area contributed by atoms with Crippen molar-refractivity contribution < 1.29 is 4.79 Å². The van der Waals surface area contributed by atoms with Crippen LogP contribution >= 0.6 is 0 Å². The molecule has 0 aliphatic heterocycles. The number of rotatable bonds is 6. The minimum Gasteiger partial charge on any atom is -0.348 e. The van der Waals surface area contributed by atoms with Crippen LogP contribution in [0.1, 0.15) is 37.2 Å². The molecule has 2 heterocycles. The van der Waals surface area contributed by atoms with Crippen LogP contribution in [-0.2, 0) is 6.54 Å². The summed E-state index contributed by atoms with van der Waals surface area (Å²) in [6.45, 7) is 6.60. The highest BCUT2D eigenvalue weighted by Gasteiger charge is 2.13. The number of amides is 1. The number of carbonyl (C=O) groups is 1. The Morgan fingerprint density at radius 1 is 1.12 bits per heavy atom. The van der Waals surface area contributed by atoms with Gasteiger partial charge in [0.05, 0.1) is 6.54 Å². The summed E-state index contributed by atoms with van der Waals surface area (Å²) in [6.07, 6.45) is 4.65. The van der Waals surface area contributed by atoms with Crippen LogP contribution in [0.4, 0.5) is 0 Å². The van der Waals surface area contributed by atoms with Crippen LogP contribution in [0.5, 0.6) is 0 Å². The zero-order valence-corrected chi connectivity index (χ0v) is 14.5. The Balaban J connectivity index is 1.67. The molecule has 0 radical (unpaired) electrons. The van der Waals surface area contributed by atoms with E-state index in [1.54, 1.807) is 29.5 Å². The fourth-order valence-corrected chi connectivity index (χ4v) is 2.57. The molecule has 1 amide bonds. The molecule has 3 aromatic rings. The molecule has 0 spiro atoms. The van der Waals surface area contributed by atoms with Gasteiger partial charge in [-0.05, 0) is 32.9 Å². The van der Waals surface area contributed by atoms with Crippen LogP contribution in [0.25, 0.3) is 11.4 Å². The average molecular weight is 339 g/mol. The van der Waals surface area contributed by atoms with E-state index in [1.807, 2.05) is 23.7 Å². The maximum absolute atomic E-state index is 12.4. The monoisotopic (exact) mass is 339 g/mol. The van der Waals surface area contributed by atoms with Gasteiger partial charge >= 0.3 is 0 Å². The molecule has 0 aliphatic rings. The van der Waals surface area contributed by atoms with Gasteiger partial charge in [-0.15, -0.1) is 0 Å². The lowest BCUT2D eigenvalue weighted by Crippen LogP contribution is -2.35. The van der Waals surface area contributed by atoms with Gasteiger partial charge < -0.3 is 5.32 Å². The van der Waals surface area contributed by atoms with Crippen molar-refractivity contribution in [3.8, 4) is 11.4 Å². The number of hydrogen-bond donors (Lipinski definition) is 1. The van der Waals surface area contributed by atoms with Gasteiger partial charge in [0.2, 0.25) is 0 Å². The fraction of sp³-hybridized carbons (Fsp3) is 0.353. The highest BCUT2D eigenvalue weighted by molar-refractivity contribution is 5.94. The van der Waals surface area contributed by atoms with Gasteiger partial charge in [-0.25, -0.2) is 14.6 Å². The number of nitrogens with zero attached hydrogens (tertiary/aromatic N) is 6. The first-order valence-corrected chi connectivity index (χ1v) is 8.18. The van der Waals surface area contributed by atoms with E-state index >= 15 is 0 Å². The summed E-state index contributed by atoms with van der Waals surface area (Å²) in [6, 6.07) is 7.54. The van der Waals surface area contributed by atoms with E-state index in [9.17, 15) is 4.79 Å². The van der Waals surface area contributed by atoms with E-state index in [0.717, 1.165) is 11.4 Å². The second-order valence-corrected chi connectivity index (χ2v) is 6.19. The van der Waals surface area contributed by atoms with Crippen molar-refractivity contribution in [1.29, 1.82) is 0 Å². The van der Waals surface area contributed by atoms with Crippen molar-refractivity contribution in [2.45, 2.75) is 39.4 Å². The minimum atomic E-state index is -0.121. The molecule has 1 atom stereocenters. The summed E-state index contributed by atoms with van der Waals surface area (Å²) < 4.78 is 3.54. The van der Waals surface area contributed by atoms with Crippen LogP contribution in [0, 0.1) is 0 Å². The summed E-state index contributed by atoms with van der Waals surface area (Å²) >= 11 is 0. The smallest absolute Gasteiger partial charge is 0.251 e. The first kappa shape index (κ1) is 16.8. The predicted octanol–water partition coefficient (Wildman–Crippen LogP) is 1.94. The molecule has 25 heavy (non-hydrogen) atoms. The SMILES string of the molecule is CC(C)n1ncnc1-c1ccc(C(=O)N[C@@H](C)Cn2cncn2)cc1. The number of nitrogens with one attached hydrogen (secondary N) is 1. The second kappa shape index (κ2) is 7.25. The molecule has 0 fully saturated rings. The molecule has 2 aromatic heterocycles. The molecule has 0 saturated heterocycles. The van der Waals surface area contributed by atoms with Gasteiger partial charge in [-0.3, -0.25) is 9.48 Å². The first-order chi connectivity index (χ1) is 12.0. The van der Waals surface area contributed by atoms with E-state index in [1.165, 1.54) is 6.33 Å². The standard InChI is InChI=1S/C17H21N7O/c1-12(2)24-16(19-10-21-24)14-4-6-15(7-5-14)17(25)22-13(3)8-23-11-18-9-20-23/h4-7,9-13H,8H2,1-3H3,(H,22,25)/t13-/m0/s1. The average Bonchev–Trinajstić information content (AvgIpc) is 3.26. The Hall–Kier alpha value is -3.03. The minimum absolute atomic E-state index is 0.0575. The Morgan fingerprint density at radius 3 is 2.52 bits per heavy atom.